The van der Waals surface area contributed by atoms with Gasteiger partial charge in [-0.2, -0.15) is 0 Å². The van der Waals surface area contributed by atoms with E-state index >= 15 is 0 Å². The van der Waals surface area contributed by atoms with Crippen LogP contribution < -0.4 is 10.5 Å². The summed E-state index contributed by atoms with van der Waals surface area (Å²) in [5.41, 5.74) is 1.01. The van der Waals surface area contributed by atoms with Gasteiger partial charge in [0.05, 0.1) is 9.90 Å². The van der Waals surface area contributed by atoms with Crippen molar-refractivity contribution in [3.63, 3.8) is 0 Å². The van der Waals surface area contributed by atoms with Crippen molar-refractivity contribution in [3.8, 4) is 0 Å². The van der Waals surface area contributed by atoms with Crippen LogP contribution in [0.4, 0.5) is 0 Å². The average molecular weight is 311 g/mol. The molecular weight excluding hydrogens is 294 g/mol. The maximum absolute atomic E-state index is 11.1. The van der Waals surface area contributed by atoms with Crippen LogP contribution in [-0.4, -0.2) is 13.4 Å². The summed E-state index contributed by atoms with van der Waals surface area (Å²) in [5.74, 6) is 0. The highest BCUT2D eigenvalue weighted by Gasteiger charge is 2.06. The van der Waals surface area contributed by atoms with Crippen molar-refractivity contribution in [2.75, 3.05) is 0 Å². The summed E-state index contributed by atoms with van der Waals surface area (Å²) in [6.07, 6.45) is 2.85. The lowest BCUT2D eigenvalue weighted by atomic mass is 10.2. The Bertz CT molecular complexity index is 663. The Kier molecular flexibility index (Phi) is 4.87. The molecule has 5 nitrogen and oxygen atoms in total. The summed E-state index contributed by atoms with van der Waals surface area (Å²) in [6, 6.07) is 6.57. The van der Waals surface area contributed by atoms with E-state index < -0.39 is 10.0 Å². The molecular formula is C13H17N3O2S2. The predicted octanol–water partition coefficient (Wildman–Crippen LogP) is 1.64. The topological polar surface area (TPSA) is 85.1 Å². The third-order valence-corrected chi connectivity index (χ3v) is 4.86. The molecule has 0 aliphatic carbocycles. The largest absolute Gasteiger partial charge is 0.308 e. The van der Waals surface area contributed by atoms with E-state index in [0.717, 1.165) is 23.5 Å². The van der Waals surface area contributed by atoms with Crippen molar-refractivity contribution in [3.05, 3.63) is 45.9 Å². The van der Waals surface area contributed by atoms with Crippen LogP contribution in [0, 0.1) is 0 Å². The van der Waals surface area contributed by atoms with Gasteiger partial charge in [0.25, 0.3) is 0 Å². The van der Waals surface area contributed by atoms with Crippen molar-refractivity contribution in [1.29, 1.82) is 0 Å². The van der Waals surface area contributed by atoms with E-state index in [9.17, 15) is 8.42 Å². The maximum Gasteiger partial charge on any atom is 0.238 e. The summed E-state index contributed by atoms with van der Waals surface area (Å²) in [7, 11) is -3.61. The smallest absolute Gasteiger partial charge is 0.238 e. The van der Waals surface area contributed by atoms with Gasteiger partial charge in [-0.25, -0.2) is 18.5 Å². The molecule has 0 amide bonds. The number of sulfonamides is 1. The fraction of sp³-hybridized carbons (Fsp3) is 0.308. The molecule has 0 aliphatic rings. The lowest BCUT2D eigenvalue weighted by Gasteiger charge is -2.04. The Hall–Kier alpha value is -1.28. The Morgan fingerprint density at radius 3 is 2.50 bits per heavy atom. The van der Waals surface area contributed by atoms with Gasteiger partial charge in [-0.15, -0.1) is 11.3 Å². The molecule has 0 spiro atoms. The minimum absolute atomic E-state index is 0.135. The van der Waals surface area contributed by atoms with Crippen molar-refractivity contribution < 1.29 is 8.42 Å². The normalized spacial score (nSPS) is 11.7. The van der Waals surface area contributed by atoms with Crippen molar-refractivity contribution in [2.24, 2.45) is 5.14 Å². The van der Waals surface area contributed by atoms with E-state index in [0.29, 0.717) is 6.54 Å². The van der Waals surface area contributed by atoms with Crippen LogP contribution in [-0.2, 0) is 29.5 Å². The molecule has 0 atom stereocenters. The zero-order valence-corrected chi connectivity index (χ0v) is 12.8. The summed E-state index contributed by atoms with van der Waals surface area (Å²) >= 11 is 1.70. The van der Waals surface area contributed by atoms with Crippen LogP contribution >= 0.6 is 11.3 Å². The van der Waals surface area contributed by atoms with Crippen LogP contribution in [0.1, 0.15) is 22.4 Å². The first-order chi connectivity index (χ1) is 9.49. The molecule has 0 fully saturated rings. The van der Waals surface area contributed by atoms with Crippen LogP contribution in [0.25, 0.3) is 0 Å². The molecule has 2 rings (SSSR count). The standard InChI is InChI=1S/C13H17N3O2S2/c1-2-13-16-9-11(19-13)8-15-7-10-3-5-12(6-4-10)20(14,17)18/h3-6,9,15H,2,7-8H2,1H3,(H2,14,17,18). The van der Waals surface area contributed by atoms with Gasteiger partial charge < -0.3 is 5.32 Å². The molecule has 1 aromatic heterocycles. The Balaban J connectivity index is 1.88. The first-order valence-corrected chi connectivity index (χ1v) is 8.61. The van der Waals surface area contributed by atoms with Gasteiger partial charge >= 0.3 is 0 Å². The number of aryl methyl sites for hydroxylation is 1. The molecule has 2 aromatic rings. The van der Waals surface area contributed by atoms with E-state index in [4.69, 9.17) is 5.14 Å². The molecule has 108 valence electrons. The van der Waals surface area contributed by atoms with Gasteiger partial charge in [-0.1, -0.05) is 19.1 Å². The van der Waals surface area contributed by atoms with Gasteiger partial charge in [0.2, 0.25) is 10.0 Å². The van der Waals surface area contributed by atoms with Crippen molar-refractivity contribution in [2.45, 2.75) is 31.3 Å². The molecule has 1 heterocycles. The highest BCUT2D eigenvalue weighted by Crippen LogP contribution is 2.13. The van der Waals surface area contributed by atoms with E-state index in [1.165, 1.54) is 17.0 Å². The predicted molar refractivity (Wildman–Crippen MR) is 79.9 cm³/mol. The average Bonchev–Trinajstić information content (AvgIpc) is 2.86. The summed E-state index contributed by atoms with van der Waals surface area (Å²) in [6.45, 7) is 3.52. The molecule has 3 N–H and O–H groups in total. The first kappa shape index (κ1) is 15.1. The lowest BCUT2D eigenvalue weighted by Crippen LogP contribution is -2.13. The number of primary sulfonamides is 1. The molecule has 0 saturated carbocycles. The second-order valence-corrected chi connectivity index (χ2v) is 7.13. The number of aromatic nitrogens is 1. The minimum atomic E-state index is -3.61. The Morgan fingerprint density at radius 2 is 1.95 bits per heavy atom. The monoisotopic (exact) mass is 311 g/mol. The third kappa shape index (κ3) is 4.11. The highest BCUT2D eigenvalue weighted by molar-refractivity contribution is 7.89. The Labute approximate surface area is 122 Å². The minimum Gasteiger partial charge on any atom is -0.308 e. The van der Waals surface area contributed by atoms with Crippen molar-refractivity contribution >= 4 is 21.4 Å². The maximum atomic E-state index is 11.1. The first-order valence-electron chi connectivity index (χ1n) is 6.25. The molecule has 0 bridgehead atoms. The molecule has 0 radical (unpaired) electrons. The molecule has 0 unspecified atom stereocenters. The molecule has 0 saturated heterocycles. The zero-order chi connectivity index (χ0) is 14.6. The fourth-order valence-corrected chi connectivity index (χ4v) is 3.07. The highest BCUT2D eigenvalue weighted by atomic mass is 32.2. The number of nitrogens with zero attached hydrogens (tertiary/aromatic N) is 1. The fourth-order valence-electron chi connectivity index (χ4n) is 1.72. The van der Waals surface area contributed by atoms with E-state index in [1.54, 1.807) is 23.5 Å². The summed E-state index contributed by atoms with van der Waals surface area (Å²) in [5, 5.41) is 9.49. The van der Waals surface area contributed by atoms with Gasteiger partial charge in [0, 0.05) is 24.2 Å². The SMILES string of the molecule is CCc1ncc(CNCc2ccc(S(N)(=O)=O)cc2)s1. The molecule has 1 aromatic carbocycles. The second-order valence-electron chi connectivity index (χ2n) is 4.37. The lowest BCUT2D eigenvalue weighted by molar-refractivity contribution is 0.597. The number of thiazole rings is 1. The number of rotatable bonds is 6. The number of nitrogens with two attached hydrogens (primary N) is 1. The van der Waals surface area contributed by atoms with E-state index in [1.807, 2.05) is 6.20 Å². The van der Waals surface area contributed by atoms with Crippen LogP contribution in [0.2, 0.25) is 0 Å². The van der Waals surface area contributed by atoms with Crippen LogP contribution in [0.5, 0.6) is 0 Å². The molecule has 0 aliphatic heterocycles. The molecule has 20 heavy (non-hydrogen) atoms. The number of hydrogen-bond donors (Lipinski definition) is 2. The second kappa shape index (κ2) is 6.45. The Morgan fingerprint density at radius 1 is 1.25 bits per heavy atom. The van der Waals surface area contributed by atoms with Gasteiger partial charge in [-0.05, 0) is 24.1 Å². The number of nitrogens with one attached hydrogen (secondary N) is 1. The van der Waals surface area contributed by atoms with Gasteiger partial charge in [0.1, 0.15) is 0 Å². The number of benzene rings is 1. The van der Waals surface area contributed by atoms with Crippen molar-refractivity contribution in [1.82, 2.24) is 10.3 Å². The van der Waals surface area contributed by atoms with E-state index in [-0.39, 0.29) is 4.90 Å². The van der Waals surface area contributed by atoms with Crippen LogP contribution in [0.15, 0.2) is 35.4 Å². The van der Waals surface area contributed by atoms with E-state index in [2.05, 4.69) is 17.2 Å². The quantitative estimate of drug-likeness (QED) is 0.849. The van der Waals surface area contributed by atoms with Gasteiger partial charge in [0.15, 0.2) is 0 Å². The van der Waals surface area contributed by atoms with Crippen LogP contribution in [0.3, 0.4) is 0 Å². The third-order valence-electron chi connectivity index (χ3n) is 2.78. The summed E-state index contributed by atoms with van der Waals surface area (Å²) in [4.78, 5) is 5.63. The summed E-state index contributed by atoms with van der Waals surface area (Å²) < 4.78 is 22.3. The number of hydrogen-bond acceptors (Lipinski definition) is 5. The van der Waals surface area contributed by atoms with Gasteiger partial charge in [-0.3, -0.25) is 0 Å². The zero-order valence-electron chi connectivity index (χ0n) is 11.2. The molecule has 7 heteroatoms.